The molecule has 2 aliphatic rings. The van der Waals surface area contributed by atoms with Crippen LogP contribution >= 0.6 is 0 Å². The second-order valence-corrected chi connectivity index (χ2v) is 4.71. The molecular weight excluding hydrogens is 156 g/mol. The molecule has 2 aliphatic carbocycles. The van der Waals surface area contributed by atoms with Gasteiger partial charge in [-0.3, -0.25) is 0 Å². The first-order valence-corrected chi connectivity index (χ1v) is 6.35. The van der Waals surface area contributed by atoms with Crippen LogP contribution in [-0.2, 0) is 0 Å². The fourth-order valence-electron chi connectivity index (χ4n) is 2.87. The molecule has 0 heteroatoms. The first-order valence-electron chi connectivity index (χ1n) is 6.35. The zero-order valence-corrected chi connectivity index (χ0v) is 9.73. The minimum absolute atomic E-state index is 0.881. The van der Waals surface area contributed by atoms with Crippen molar-refractivity contribution in [2.75, 3.05) is 0 Å². The van der Waals surface area contributed by atoms with E-state index in [4.69, 9.17) is 0 Å². The summed E-state index contributed by atoms with van der Waals surface area (Å²) in [6, 6.07) is 0. The average Bonchev–Trinajstić information content (AvgIpc) is 2.19. The topological polar surface area (TPSA) is 0 Å². The predicted octanol–water partition coefficient (Wildman–Crippen LogP) is 4.78. The van der Waals surface area contributed by atoms with Crippen molar-refractivity contribution in [3.05, 3.63) is 0 Å². The first-order chi connectivity index (χ1) is 6.35. The van der Waals surface area contributed by atoms with E-state index in [1.165, 1.54) is 25.7 Å². The molecule has 0 aliphatic heterocycles. The highest BCUT2D eigenvalue weighted by Crippen LogP contribution is 2.52. The third-order valence-corrected chi connectivity index (χ3v) is 4.16. The van der Waals surface area contributed by atoms with E-state index in [0.717, 1.165) is 11.3 Å². The number of hydrogen-bond donors (Lipinski definition) is 0. The summed E-state index contributed by atoms with van der Waals surface area (Å²) in [7, 11) is 0. The lowest BCUT2D eigenvalue weighted by Gasteiger charge is -2.47. The Hall–Kier alpha value is 0. The van der Waals surface area contributed by atoms with Crippen LogP contribution in [0.1, 0.15) is 72.1 Å². The van der Waals surface area contributed by atoms with Crippen molar-refractivity contribution in [2.45, 2.75) is 72.1 Å². The fraction of sp³-hybridized carbons (Fsp3) is 1.00. The maximum absolute atomic E-state index is 2.35. The lowest BCUT2D eigenvalue weighted by molar-refractivity contribution is 0.0547. The van der Waals surface area contributed by atoms with Crippen LogP contribution in [0.25, 0.3) is 0 Å². The lowest BCUT2D eigenvalue weighted by Crippen LogP contribution is -2.33. The number of rotatable bonds is 1. The molecule has 1 spiro atoms. The van der Waals surface area contributed by atoms with E-state index in [2.05, 4.69) is 6.92 Å². The summed E-state index contributed by atoms with van der Waals surface area (Å²) in [6.45, 7) is 6.35. The van der Waals surface area contributed by atoms with Gasteiger partial charge in [-0.25, -0.2) is 0 Å². The molecule has 0 heterocycles. The highest BCUT2D eigenvalue weighted by atomic mass is 14.4. The lowest BCUT2D eigenvalue weighted by atomic mass is 9.59. The van der Waals surface area contributed by atoms with Crippen LogP contribution in [0.4, 0.5) is 0 Å². The SMILES string of the molecule is CC.CCC1CCC2(CCC2)CC1. The van der Waals surface area contributed by atoms with Gasteiger partial charge in [0, 0.05) is 0 Å². The van der Waals surface area contributed by atoms with Crippen molar-refractivity contribution in [3.63, 3.8) is 0 Å². The Bertz CT molecular complexity index is 123. The maximum Gasteiger partial charge on any atom is -0.0297 e. The van der Waals surface area contributed by atoms with Crippen molar-refractivity contribution >= 4 is 0 Å². The molecule has 0 aromatic rings. The molecule has 2 saturated carbocycles. The highest BCUT2D eigenvalue weighted by molar-refractivity contribution is 4.91. The van der Waals surface area contributed by atoms with E-state index < -0.39 is 0 Å². The summed E-state index contributed by atoms with van der Waals surface area (Å²) in [5.74, 6) is 1.08. The van der Waals surface area contributed by atoms with Gasteiger partial charge >= 0.3 is 0 Å². The Kier molecular flexibility index (Phi) is 4.28. The van der Waals surface area contributed by atoms with Crippen molar-refractivity contribution in [3.8, 4) is 0 Å². The summed E-state index contributed by atoms with van der Waals surface area (Å²) in [4.78, 5) is 0. The van der Waals surface area contributed by atoms with E-state index in [0.29, 0.717) is 0 Å². The molecule has 0 nitrogen and oxygen atoms in total. The van der Waals surface area contributed by atoms with Crippen molar-refractivity contribution in [1.82, 2.24) is 0 Å². The van der Waals surface area contributed by atoms with Crippen molar-refractivity contribution < 1.29 is 0 Å². The fourth-order valence-corrected chi connectivity index (χ4v) is 2.87. The van der Waals surface area contributed by atoms with Crippen LogP contribution in [0.2, 0.25) is 0 Å². The van der Waals surface area contributed by atoms with Crippen LogP contribution in [0.5, 0.6) is 0 Å². The normalized spacial score (nSPS) is 26.1. The van der Waals surface area contributed by atoms with E-state index in [-0.39, 0.29) is 0 Å². The standard InChI is InChI=1S/C11H20.C2H6/c1-2-10-4-8-11(9-5-10)6-3-7-11;1-2/h10H,2-9H2,1H3;1-2H3. The molecule has 2 fully saturated rings. The van der Waals surface area contributed by atoms with E-state index >= 15 is 0 Å². The van der Waals surface area contributed by atoms with Gasteiger partial charge in [-0.15, -0.1) is 0 Å². The second-order valence-electron chi connectivity index (χ2n) is 4.71. The molecule has 0 bridgehead atoms. The Morgan fingerprint density at radius 2 is 1.54 bits per heavy atom. The minimum atomic E-state index is 0.881. The Labute approximate surface area is 84.1 Å². The Morgan fingerprint density at radius 3 is 1.85 bits per heavy atom. The largest absolute Gasteiger partial charge is 0.0683 e. The molecule has 0 amide bonds. The van der Waals surface area contributed by atoms with Gasteiger partial charge in [0.05, 0.1) is 0 Å². The zero-order chi connectivity index (χ0) is 9.73. The third kappa shape index (κ3) is 2.48. The Morgan fingerprint density at radius 1 is 1.00 bits per heavy atom. The van der Waals surface area contributed by atoms with Gasteiger partial charge in [-0.1, -0.05) is 33.6 Å². The van der Waals surface area contributed by atoms with E-state index in [1.54, 1.807) is 25.7 Å². The quantitative estimate of drug-likeness (QED) is 0.547. The summed E-state index contributed by atoms with van der Waals surface area (Å²) in [6.07, 6.45) is 12.3. The summed E-state index contributed by atoms with van der Waals surface area (Å²) >= 11 is 0. The molecule has 0 saturated heterocycles. The van der Waals surface area contributed by atoms with Crippen LogP contribution in [0, 0.1) is 11.3 Å². The summed E-state index contributed by atoms with van der Waals surface area (Å²) in [5.41, 5.74) is 0.881. The monoisotopic (exact) mass is 182 g/mol. The summed E-state index contributed by atoms with van der Waals surface area (Å²) in [5, 5.41) is 0. The molecule has 0 radical (unpaired) electrons. The van der Waals surface area contributed by atoms with Gasteiger partial charge in [0.25, 0.3) is 0 Å². The van der Waals surface area contributed by atoms with Crippen LogP contribution in [0.3, 0.4) is 0 Å². The highest BCUT2D eigenvalue weighted by Gasteiger charge is 2.39. The molecule has 2 rings (SSSR count). The van der Waals surface area contributed by atoms with Gasteiger partial charge in [0.2, 0.25) is 0 Å². The third-order valence-electron chi connectivity index (χ3n) is 4.16. The van der Waals surface area contributed by atoms with Crippen LogP contribution < -0.4 is 0 Å². The minimum Gasteiger partial charge on any atom is -0.0683 e. The van der Waals surface area contributed by atoms with E-state index in [1.807, 2.05) is 13.8 Å². The molecule has 78 valence electrons. The smallest absolute Gasteiger partial charge is 0.0297 e. The van der Waals surface area contributed by atoms with E-state index in [9.17, 15) is 0 Å². The predicted molar refractivity (Wildman–Crippen MR) is 59.9 cm³/mol. The van der Waals surface area contributed by atoms with Crippen LogP contribution in [0.15, 0.2) is 0 Å². The second kappa shape index (κ2) is 5.02. The van der Waals surface area contributed by atoms with Gasteiger partial charge in [0.15, 0.2) is 0 Å². The molecule has 13 heavy (non-hydrogen) atoms. The van der Waals surface area contributed by atoms with Gasteiger partial charge in [-0.2, -0.15) is 0 Å². The molecule has 0 atom stereocenters. The zero-order valence-electron chi connectivity index (χ0n) is 9.73. The summed E-state index contributed by atoms with van der Waals surface area (Å²) < 4.78 is 0. The maximum atomic E-state index is 2.35. The molecule has 0 aromatic heterocycles. The Balaban J connectivity index is 0.000000396. The molecule has 0 N–H and O–H groups in total. The molecular formula is C13H26. The molecule has 0 aromatic carbocycles. The van der Waals surface area contributed by atoms with Crippen LogP contribution in [-0.4, -0.2) is 0 Å². The van der Waals surface area contributed by atoms with Gasteiger partial charge in [0.1, 0.15) is 0 Å². The van der Waals surface area contributed by atoms with Crippen molar-refractivity contribution in [1.29, 1.82) is 0 Å². The van der Waals surface area contributed by atoms with Gasteiger partial charge < -0.3 is 0 Å². The average molecular weight is 182 g/mol. The molecule has 0 unspecified atom stereocenters. The van der Waals surface area contributed by atoms with Gasteiger partial charge in [-0.05, 0) is 49.9 Å². The number of hydrogen-bond acceptors (Lipinski definition) is 0. The first kappa shape index (κ1) is 11.1. The van der Waals surface area contributed by atoms with Crippen molar-refractivity contribution in [2.24, 2.45) is 11.3 Å².